The summed E-state index contributed by atoms with van der Waals surface area (Å²) < 4.78 is 0. The molecule has 0 spiro atoms. The van der Waals surface area contributed by atoms with Gasteiger partial charge in [0.1, 0.15) is 0 Å². The topological polar surface area (TPSA) is 17.1 Å². The van der Waals surface area contributed by atoms with Gasteiger partial charge in [0.05, 0.1) is 0 Å². The highest BCUT2D eigenvalue weighted by atomic mass is 16.1. The second-order valence-electron chi connectivity index (χ2n) is 3.76. The van der Waals surface area contributed by atoms with E-state index in [0.29, 0.717) is 0 Å². The normalized spacial score (nSPS) is 11.3. The molecule has 0 aliphatic rings. The minimum absolute atomic E-state index is 0.0521. The molecule has 0 saturated carbocycles. The van der Waals surface area contributed by atoms with Gasteiger partial charge in [-0.2, -0.15) is 0 Å². The van der Waals surface area contributed by atoms with Gasteiger partial charge in [-0.05, 0) is 43.5 Å². The number of carbonyl (C=O) groups excluding carboxylic acids is 1. The average Bonchev–Trinajstić information content (AvgIpc) is 2.15. The molecule has 0 heterocycles. The van der Waals surface area contributed by atoms with Crippen molar-refractivity contribution in [2.75, 3.05) is 0 Å². The van der Waals surface area contributed by atoms with Crippen molar-refractivity contribution in [3.8, 4) is 0 Å². The first-order chi connectivity index (χ1) is 7.02. The van der Waals surface area contributed by atoms with Crippen molar-refractivity contribution in [2.45, 2.75) is 20.8 Å². The van der Waals surface area contributed by atoms with Crippen molar-refractivity contribution >= 4 is 11.4 Å². The summed E-state index contributed by atoms with van der Waals surface area (Å²) in [6.07, 6.45) is 1.64. The van der Waals surface area contributed by atoms with Crippen LogP contribution in [0.4, 0.5) is 0 Å². The van der Waals surface area contributed by atoms with Crippen LogP contribution in [0.15, 0.2) is 42.5 Å². The molecule has 1 heteroatoms. The first kappa shape index (κ1) is 11.4. The molecule has 0 aromatic heterocycles. The fourth-order valence-corrected chi connectivity index (χ4v) is 1.51. The molecule has 15 heavy (non-hydrogen) atoms. The number of ketones is 1. The summed E-state index contributed by atoms with van der Waals surface area (Å²) in [5.74, 6) is 0.0521. The SMILES string of the molecule is C=C(C)/C(=C\C(C)=O)c1ccccc1C. The highest BCUT2D eigenvalue weighted by molar-refractivity contribution is 5.98. The summed E-state index contributed by atoms with van der Waals surface area (Å²) in [5.41, 5.74) is 4.09. The van der Waals surface area contributed by atoms with Crippen LogP contribution in [0.2, 0.25) is 0 Å². The molecule has 0 fully saturated rings. The van der Waals surface area contributed by atoms with E-state index in [1.807, 2.05) is 38.1 Å². The Hall–Kier alpha value is -1.63. The van der Waals surface area contributed by atoms with E-state index in [1.54, 1.807) is 13.0 Å². The molecule has 0 atom stereocenters. The highest BCUT2D eigenvalue weighted by Gasteiger charge is 2.05. The molecule has 0 unspecified atom stereocenters. The summed E-state index contributed by atoms with van der Waals surface area (Å²) in [7, 11) is 0. The van der Waals surface area contributed by atoms with Gasteiger partial charge in [0.2, 0.25) is 0 Å². The Morgan fingerprint density at radius 3 is 2.33 bits per heavy atom. The van der Waals surface area contributed by atoms with Crippen LogP contribution < -0.4 is 0 Å². The quantitative estimate of drug-likeness (QED) is 0.538. The molecular weight excluding hydrogens is 184 g/mol. The van der Waals surface area contributed by atoms with Gasteiger partial charge in [0.25, 0.3) is 0 Å². The van der Waals surface area contributed by atoms with Crippen LogP contribution in [-0.2, 0) is 4.79 Å². The number of allylic oxidation sites excluding steroid dienone is 3. The number of aryl methyl sites for hydroxylation is 1. The lowest BCUT2D eigenvalue weighted by atomic mass is 9.95. The van der Waals surface area contributed by atoms with Crippen LogP contribution in [0.1, 0.15) is 25.0 Å². The zero-order chi connectivity index (χ0) is 11.4. The summed E-state index contributed by atoms with van der Waals surface area (Å²) in [6, 6.07) is 8.01. The Morgan fingerprint density at radius 1 is 1.27 bits per heavy atom. The van der Waals surface area contributed by atoms with Crippen molar-refractivity contribution in [1.82, 2.24) is 0 Å². The van der Waals surface area contributed by atoms with Crippen molar-refractivity contribution in [3.63, 3.8) is 0 Å². The maximum absolute atomic E-state index is 11.1. The van der Waals surface area contributed by atoms with Crippen molar-refractivity contribution < 1.29 is 4.79 Å². The Morgan fingerprint density at radius 2 is 1.87 bits per heavy atom. The van der Waals surface area contributed by atoms with Crippen LogP contribution in [-0.4, -0.2) is 5.78 Å². The van der Waals surface area contributed by atoms with Gasteiger partial charge < -0.3 is 0 Å². The summed E-state index contributed by atoms with van der Waals surface area (Å²) in [5, 5.41) is 0. The summed E-state index contributed by atoms with van der Waals surface area (Å²) in [4.78, 5) is 11.1. The molecule has 1 rings (SSSR count). The lowest BCUT2D eigenvalue weighted by molar-refractivity contribution is -0.112. The third-order valence-corrected chi connectivity index (χ3v) is 2.24. The van der Waals surface area contributed by atoms with Gasteiger partial charge in [-0.1, -0.05) is 36.4 Å². The van der Waals surface area contributed by atoms with Gasteiger partial charge >= 0.3 is 0 Å². The van der Waals surface area contributed by atoms with Crippen LogP contribution in [0.3, 0.4) is 0 Å². The lowest BCUT2D eigenvalue weighted by Gasteiger charge is -2.09. The fraction of sp³-hybridized carbons (Fsp3) is 0.214. The maximum atomic E-state index is 11.1. The number of rotatable bonds is 3. The van der Waals surface area contributed by atoms with E-state index in [4.69, 9.17) is 0 Å². The highest BCUT2D eigenvalue weighted by Crippen LogP contribution is 2.24. The summed E-state index contributed by atoms with van der Waals surface area (Å²) >= 11 is 0. The maximum Gasteiger partial charge on any atom is 0.153 e. The van der Waals surface area contributed by atoms with E-state index < -0.39 is 0 Å². The van der Waals surface area contributed by atoms with E-state index >= 15 is 0 Å². The van der Waals surface area contributed by atoms with Gasteiger partial charge in [0.15, 0.2) is 5.78 Å². The monoisotopic (exact) mass is 200 g/mol. The fourth-order valence-electron chi connectivity index (χ4n) is 1.51. The molecule has 1 nitrogen and oxygen atoms in total. The zero-order valence-corrected chi connectivity index (χ0v) is 9.50. The van der Waals surface area contributed by atoms with E-state index in [-0.39, 0.29) is 5.78 Å². The summed E-state index contributed by atoms with van der Waals surface area (Å²) in [6.45, 7) is 9.41. The smallest absolute Gasteiger partial charge is 0.153 e. The zero-order valence-electron chi connectivity index (χ0n) is 9.50. The molecule has 1 aromatic carbocycles. The van der Waals surface area contributed by atoms with E-state index in [1.165, 1.54) is 0 Å². The first-order valence-electron chi connectivity index (χ1n) is 4.96. The van der Waals surface area contributed by atoms with Crippen LogP contribution >= 0.6 is 0 Å². The van der Waals surface area contributed by atoms with Crippen molar-refractivity contribution in [2.24, 2.45) is 0 Å². The number of benzene rings is 1. The van der Waals surface area contributed by atoms with E-state index in [9.17, 15) is 4.79 Å². The molecule has 0 aliphatic heterocycles. The number of hydrogen-bond donors (Lipinski definition) is 0. The Balaban J connectivity index is 3.29. The lowest BCUT2D eigenvalue weighted by Crippen LogP contribution is -1.93. The van der Waals surface area contributed by atoms with Crippen LogP contribution in [0, 0.1) is 6.92 Å². The Bertz CT molecular complexity index is 425. The number of carbonyl (C=O) groups is 1. The Kier molecular flexibility index (Phi) is 3.62. The van der Waals surface area contributed by atoms with E-state index in [0.717, 1.165) is 22.3 Å². The predicted molar refractivity (Wildman–Crippen MR) is 64.7 cm³/mol. The minimum Gasteiger partial charge on any atom is -0.295 e. The average molecular weight is 200 g/mol. The third-order valence-electron chi connectivity index (χ3n) is 2.24. The molecule has 0 radical (unpaired) electrons. The molecule has 0 aliphatic carbocycles. The van der Waals surface area contributed by atoms with E-state index in [2.05, 4.69) is 6.58 Å². The standard InChI is InChI=1S/C14H16O/c1-10(2)14(9-12(4)15)13-8-6-5-7-11(13)3/h5-9H,1H2,2-4H3/b14-9+. The van der Waals surface area contributed by atoms with Gasteiger partial charge in [0, 0.05) is 0 Å². The number of hydrogen-bond acceptors (Lipinski definition) is 1. The Labute approximate surface area is 91.1 Å². The van der Waals surface area contributed by atoms with Crippen molar-refractivity contribution in [3.05, 3.63) is 53.6 Å². The molecule has 1 aromatic rings. The second kappa shape index (κ2) is 4.74. The third kappa shape index (κ3) is 2.91. The molecule has 0 N–H and O–H groups in total. The van der Waals surface area contributed by atoms with Gasteiger partial charge in [-0.3, -0.25) is 4.79 Å². The van der Waals surface area contributed by atoms with Gasteiger partial charge in [-0.25, -0.2) is 0 Å². The first-order valence-corrected chi connectivity index (χ1v) is 4.96. The van der Waals surface area contributed by atoms with Crippen molar-refractivity contribution in [1.29, 1.82) is 0 Å². The van der Waals surface area contributed by atoms with Gasteiger partial charge in [-0.15, -0.1) is 0 Å². The molecule has 0 bridgehead atoms. The molecular formula is C14H16O. The largest absolute Gasteiger partial charge is 0.295 e. The van der Waals surface area contributed by atoms with Crippen LogP contribution in [0.25, 0.3) is 5.57 Å². The van der Waals surface area contributed by atoms with Crippen LogP contribution in [0.5, 0.6) is 0 Å². The molecule has 0 amide bonds. The minimum atomic E-state index is 0.0521. The molecule has 0 saturated heterocycles. The predicted octanol–water partition coefficient (Wildman–Crippen LogP) is 3.54. The molecule has 78 valence electrons. The second-order valence-corrected chi connectivity index (χ2v) is 3.76.